The summed E-state index contributed by atoms with van der Waals surface area (Å²) in [5.74, 6) is -0.357. The van der Waals surface area contributed by atoms with Gasteiger partial charge < -0.3 is 4.84 Å². The zero-order chi connectivity index (χ0) is 17.8. The quantitative estimate of drug-likeness (QED) is 0.558. The number of fused-ring (bicyclic) bond motifs is 2. The molecule has 0 unspecified atom stereocenters. The van der Waals surface area contributed by atoms with Crippen molar-refractivity contribution in [2.45, 2.75) is 46.2 Å². The number of carbonyl (C=O) groups is 1. The Kier molecular flexibility index (Phi) is 3.77. The zero-order valence-electron chi connectivity index (χ0n) is 13.9. The molecule has 2 aliphatic rings. The van der Waals surface area contributed by atoms with Crippen LogP contribution in [0, 0.1) is 16.7 Å². The molecule has 130 valence electrons. The first-order chi connectivity index (χ1) is 11.0. The fourth-order valence-electron chi connectivity index (χ4n) is 4.23. The number of rotatable bonds is 2. The Labute approximate surface area is 138 Å². The van der Waals surface area contributed by atoms with E-state index < -0.39 is 17.7 Å². The number of nitrogens with zero attached hydrogens (tertiary/aromatic N) is 1. The predicted octanol–water partition coefficient (Wildman–Crippen LogP) is 5.06. The third-order valence-corrected chi connectivity index (χ3v) is 5.59. The van der Waals surface area contributed by atoms with E-state index in [9.17, 15) is 18.0 Å². The molecule has 0 saturated heterocycles. The molecule has 1 aromatic rings. The highest BCUT2D eigenvalue weighted by Gasteiger charge is 2.57. The summed E-state index contributed by atoms with van der Waals surface area (Å²) >= 11 is 0. The van der Waals surface area contributed by atoms with E-state index in [1.807, 2.05) is 0 Å². The molecule has 0 aliphatic heterocycles. The predicted molar refractivity (Wildman–Crippen MR) is 83.5 cm³/mol. The van der Waals surface area contributed by atoms with E-state index in [4.69, 9.17) is 4.84 Å². The summed E-state index contributed by atoms with van der Waals surface area (Å²) in [7, 11) is 0. The van der Waals surface area contributed by atoms with E-state index >= 15 is 0 Å². The molecule has 3 nitrogen and oxygen atoms in total. The lowest BCUT2D eigenvalue weighted by atomic mass is 9.71. The minimum Gasteiger partial charge on any atom is -0.313 e. The molecule has 1 aromatic carbocycles. The van der Waals surface area contributed by atoms with Gasteiger partial charge in [0.15, 0.2) is 0 Å². The molecular formula is C18H20F3NO2. The molecular weight excluding hydrogens is 319 g/mol. The number of carbonyl (C=O) groups excluding carboxylic acids is 1. The van der Waals surface area contributed by atoms with Gasteiger partial charge in [-0.25, -0.2) is 4.79 Å². The topological polar surface area (TPSA) is 38.7 Å². The number of oxime groups is 1. The molecule has 2 atom stereocenters. The van der Waals surface area contributed by atoms with Crippen LogP contribution in [-0.4, -0.2) is 11.7 Å². The van der Waals surface area contributed by atoms with Gasteiger partial charge in [-0.2, -0.15) is 13.2 Å². The van der Waals surface area contributed by atoms with Crippen molar-refractivity contribution in [1.82, 2.24) is 0 Å². The number of alkyl halides is 3. The maximum absolute atomic E-state index is 12.7. The molecule has 24 heavy (non-hydrogen) atoms. The van der Waals surface area contributed by atoms with E-state index in [1.54, 1.807) is 0 Å². The molecule has 2 aliphatic carbocycles. The van der Waals surface area contributed by atoms with E-state index in [2.05, 4.69) is 25.9 Å². The molecule has 2 saturated carbocycles. The van der Waals surface area contributed by atoms with Gasteiger partial charge in [-0.1, -0.05) is 32.0 Å². The van der Waals surface area contributed by atoms with E-state index in [-0.39, 0.29) is 16.4 Å². The van der Waals surface area contributed by atoms with Crippen LogP contribution >= 0.6 is 0 Å². The van der Waals surface area contributed by atoms with Crippen molar-refractivity contribution in [3.05, 3.63) is 35.4 Å². The van der Waals surface area contributed by atoms with Gasteiger partial charge in [0.1, 0.15) is 0 Å². The second-order valence-electron chi connectivity index (χ2n) is 7.62. The summed E-state index contributed by atoms with van der Waals surface area (Å²) < 4.78 is 38.2. The minimum absolute atomic E-state index is 0.0811. The molecule has 3 rings (SSSR count). The fraction of sp³-hybridized carbons (Fsp3) is 0.556. The summed E-state index contributed by atoms with van der Waals surface area (Å²) in [6, 6.07) is 4.19. The van der Waals surface area contributed by atoms with Crippen molar-refractivity contribution in [1.29, 1.82) is 0 Å². The van der Waals surface area contributed by atoms with Crippen molar-refractivity contribution < 1.29 is 22.8 Å². The first-order valence-corrected chi connectivity index (χ1v) is 8.02. The van der Waals surface area contributed by atoms with Crippen LogP contribution in [0.2, 0.25) is 0 Å². The fourth-order valence-corrected chi connectivity index (χ4v) is 4.23. The Morgan fingerprint density at radius 1 is 1.29 bits per heavy atom. The van der Waals surface area contributed by atoms with Gasteiger partial charge in [0.05, 0.1) is 16.8 Å². The van der Waals surface area contributed by atoms with Gasteiger partial charge in [-0.3, -0.25) is 0 Å². The van der Waals surface area contributed by atoms with E-state index in [0.717, 1.165) is 37.1 Å². The Balaban J connectivity index is 1.81. The summed E-state index contributed by atoms with van der Waals surface area (Å²) in [5.41, 5.74) is -0.424. The third kappa shape index (κ3) is 2.72. The highest BCUT2D eigenvalue weighted by Crippen LogP contribution is 2.60. The van der Waals surface area contributed by atoms with Crippen molar-refractivity contribution in [3.8, 4) is 0 Å². The van der Waals surface area contributed by atoms with E-state index in [1.165, 1.54) is 12.1 Å². The highest BCUT2D eigenvalue weighted by atomic mass is 19.4. The standard InChI is InChI=1S/C18H20F3NO2/c1-16(2)13-7-8-17(3,10-13)15(16)22-24-14(23)11-5-4-6-12(9-11)18(19,20)21/h4-6,9,13H,7-8,10H2,1-3H3/b22-15-/t13-,17+/m0/s1. The van der Waals surface area contributed by atoms with Crippen LogP contribution < -0.4 is 0 Å². The van der Waals surface area contributed by atoms with Crippen molar-refractivity contribution >= 4 is 11.7 Å². The molecule has 2 bridgehead atoms. The number of hydrogen-bond donors (Lipinski definition) is 0. The van der Waals surface area contributed by atoms with Crippen molar-refractivity contribution in [2.75, 3.05) is 0 Å². The molecule has 0 radical (unpaired) electrons. The van der Waals surface area contributed by atoms with Crippen LogP contribution in [0.3, 0.4) is 0 Å². The molecule has 0 amide bonds. The van der Waals surface area contributed by atoms with Crippen molar-refractivity contribution in [2.24, 2.45) is 21.9 Å². The SMILES string of the molecule is CC1(C)/C(=N/OC(=O)c2cccc(C(F)(F)F)c2)[C@]2(C)CC[C@H]1C2. The molecule has 6 heteroatoms. The summed E-state index contributed by atoms with van der Waals surface area (Å²) in [6.45, 7) is 6.27. The Hall–Kier alpha value is -1.85. The van der Waals surface area contributed by atoms with Gasteiger partial charge in [0.25, 0.3) is 0 Å². The molecule has 2 fully saturated rings. The van der Waals surface area contributed by atoms with Gasteiger partial charge in [0.2, 0.25) is 0 Å². The summed E-state index contributed by atoms with van der Waals surface area (Å²) in [5, 5.41) is 4.08. The number of halogens is 3. The lowest BCUT2D eigenvalue weighted by Gasteiger charge is -2.34. The van der Waals surface area contributed by atoms with Crippen LogP contribution in [0.1, 0.15) is 56.0 Å². The zero-order valence-corrected chi connectivity index (χ0v) is 13.9. The third-order valence-electron chi connectivity index (χ3n) is 5.59. The molecule has 0 spiro atoms. The van der Waals surface area contributed by atoms with Gasteiger partial charge in [0, 0.05) is 10.8 Å². The number of benzene rings is 1. The highest BCUT2D eigenvalue weighted by molar-refractivity contribution is 5.98. The van der Waals surface area contributed by atoms with Gasteiger partial charge in [-0.15, -0.1) is 0 Å². The van der Waals surface area contributed by atoms with Crippen LogP contribution in [0.5, 0.6) is 0 Å². The van der Waals surface area contributed by atoms with Crippen LogP contribution in [-0.2, 0) is 11.0 Å². The lowest BCUT2D eigenvalue weighted by Crippen LogP contribution is -2.36. The first-order valence-electron chi connectivity index (χ1n) is 8.02. The van der Waals surface area contributed by atoms with Crippen molar-refractivity contribution in [3.63, 3.8) is 0 Å². The Morgan fingerprint density at radius 3 is 2.58 bits per heavy atom. The Bertz CT molecular complexity index is 702. The van der Waals surface area contributed by atoms with E-state index in [0.29, 0.717) is 5.92 Å². The van der Waals surface area contributed by atoms with Crippen LogP contribution in [0.4, 0.5) is 13.2 Å². The van der Waals surface area contributed by atoms with Gasteiger partial charge >= 0.3 is 12.1 Å². The average molecular weight is 339 g/mol. The molecule has 0 N–H and O–H groups in total. The normalized spacial score (nSPS) is 29.9. The number of hydrogen-bond acceptors (Lipinski definition) is 3. The molecule has 0 heterocycles. The maximum atomic E-state index is 12.7. The lowest BCUT2D eigenvalue weighted by molar-refractivity contribution is -0.137. The smallest absolute Gasteiger partial charge is 0.313 e. The summed E-state index contributed by atoms with van der Waals surface area (Å²) in [6.07, 6.45) is -1.35. The largest absolute Gasteiger partial charge is 0.416 e. The first kappa shape index (κ1) is 17.0. The van der Waals surface area contributed by atoms with Gasteiger partial charge in [-0.05, 0) is 43.4 Å². The second-order valence-corrected chi connectivity index (χ2v) is 7.62. The summed E-state index contributed by atoms with van der Waals surface area (Å²) in [4.78, 5) is 17.1. The monoisotopic (exact) mass is 339 g/mol. The maximum Gasteiger partial charge on any atom is 0.416 e. The average Bonchev–Trinajstić information content (AvgIpc) is 2.97. The second kappa shape index (κ2) is 5.33. The van der Waals surface area contributed by atoms with Crippen LogP contribution in [0.25, 0.3) is 0 Å². The minimum atomic E-state index is -4.50. The molecule has 0 aromatic heterocycles. The van der Waals surface area contributed by atoms with Crippen LogP contribution in [0.15, 0.2) is 29.4 Å². The Morgan fingerprint density at radius 2 is 2.00 bits per heavy atom.